The molecule has 2 bridgehead atoms. The molecule has 3 heteroatoms. The lowest BCUT2D eigenvalue weighted by Crippen LogP contribution is -2.52. The van der Waals surface area contributed by atoms with Gasteiger partial charge in [-0.2, -0.15) is 0 Å². The Morgan fingerprint density at radius 1 is 1.07 bits per heavy atom. The summed E-state index contributed by atoms with van der Waals surface area (Å²) in [5, 5.41) is 0. The molecule has 5 fully saturated rings. The lowest BCUT2D eigenvalue weighted by atomic mass is 9.59. The van der Waals surface area contributed by atoms with E-state index in [0.29, 0.717) is 35.4 Å². The smallest absolute Gasteiger partial charge is 0.140 e. The van der Waals surface area contributed by atoms with Gasteiger partial charge >= 0.3 is 0 Å². The van der Waals surface area contributed by atoms with Crippen molar-refractivity contribution in [1.82, 2.24) is 0 Å². The predicted molar refractivity (Wildman–Crippen MR) is 52.0 cm³/mol. The molecule has 8 atom stereocenters. The first kappa shape index (κ1) is 7.51. The van der Waals surface area contributed by atoms with E-state index in [1.165, 1.54) is 6.42 Å². The molecule has 0 aliphatic heterocycles. The van der Waals surface area contributed by atoms with Gasteiger partial charge in [-0.3, -0.25) is 4.79 Å². The summed E-state index contributed by atoms with van der Waals surface area (Å²) in [5.41, 5.74) is 0. The van der Waals surface area contributed by atoms with Crippen molar-refractivity contribution in [3.63, 3.8) is 0 Å². The Kier molecular flexibility index (Phi) is 0.909. The van der Waals surface area contributed by atoms with E-state index in [1.807, 2.05) is 0 Å². The number of halogens is 2. The molecule has 5 saturated carbocycles. The van der Waals surface area contributed by atoms with Crippen LogP contribution in [0.25, 0.3) is 0 Å². The molecule has 0 aromatic rings. The molecule has 14 heavy (non-hydrogen) atoms. The number of hydrogen-bond donors (Lipinski definition) is 0. The van der Waals surface area contributed by atoms with E-state index >= 15 is 0 Å². The fourth-order valence-electron chi connectivity index (χ4n) is 6.07. The quantitative estimate of drug-likeness (QED) is 0.581. The van der Waals surface area contributed by atoms with Crippen LogP contribution in [0, 0.1) is 47.3 Å². The van der Waals surface area contributed by atoms with Gasteiger partial charge in [-0.25, -0.2) is 0 Å². The van der Waals surface area contributed by atoms with E-state index in [1.54, 1.807) is 0 Å². The molecule has 0 unspecified atom stereocenters. The van der Waals surface area contributed by atoms with E-state index in [4.69, 9.17) is 23.2 Å². The van der Waals surface area contributed by atoms with Gasteiger partial charge in [0.2, 0.25) is 0 Å². The summed E-state index contributed by atoms with van der Waals surface area (Å²) < 4.78 is -0.541. The first-order chi connectivity index (χ1) is 6.64. The monoisotopic (exact) mass is 228 g/mol. The van der Waals surface area contributed by atoms with Gasteiger partial charge in [-0.05, 0) is 30.1 Å². The number of carbonyl (C=O) groups is 1. The van der Waals surface area contributed by atoms with Crippen molar-refractivity contribution in [1.29, 1.82) is 0 Å². The zero-order chi connectivity index (χ0) is 9.40. The zero-order valence-electron chi connectivity index (χ0n) is 7.49. The molecule has 0 radical (unpaired) electrons. The molecular formula is C11H10Cl2O. The molecule has 74 valence electrons. The largest absolute Gasteiger partial charge is 0.299 e. The third kappa shape index (κ3) is 0.427. The molecule has 0 heterocycles. The van der Waals surface area contributed by atoms with Gasteiger partial charge in [0.15, 0.2) is 0 Å². The molecule has 5 rings (SSSR count). The average Bonchev–Trinajstić information content (AvgIpc) is 2.52. The highest BCUT2D eigenvalue weighted by atomic mass is 35.5. The SMILES string of the molecule is O=C1[C@@H]2[C@H]3C[C@@H]4[C@H]5[C@H]3[C@H]1[C@@H]5C(Cl)(Cl)[C@H]42. The minimum absolute atomic E-state index is 0.264. The first-order valence-corrected chi connectivity index (χ1v) is 6.31. The van der Waals surface area contributed by atoms with Crippen LogP contribution in [0.1, 0.15) is 6.42 Å². The van der Waals surface area contributed by atoms with E-state index in [2.05, 4.69) is 0 Å². The van der Waals surface area contributed by atoms with Crippen molar-refractivity contribution in [3.05, 3.63) is 0 Å². The van der Waals surface area contributed by atoms with Crippen molar-refractivity contribution < 1.29 is 4.79 Å². The Morgan fingerprint density at radius 3 is 2.64 bits per heavy atom. The van der Waals surface area contributed by atoms with Gasteiger partial charge in [0, 0.05) is 23.7 Å². The van der Waals surface area contributed by atoms with E-state index < -0.39 is 4.33 Å². The molecular weight excluding hydrogens is 219 g/mol. The second-order valence-corrected chi connectivity index (χ2v) is 7.34. The molecule has 1 nitrogen and oxygen atoms in total. The molecule has 5 aliphatic carbocycles. The Bertz CT molecular complexity index is 391. The van der Waals surface area contributed by atoms with Gasteiger partial charge in [0.1, 0.15) is 10.1 Å². The number of alkyl halides is 2. The van der Waals surface area contributed by atoms with Gasteiger partial charge in [-0.15, -0.1) is 23.2 Å². The third-order valence-corrected chi connectivity index (χ3v) is 7.06. The van der Waals surface area contributed by atoms with Crippen LogP contribution >= 0.6 is 23.2 Å². The maximum absolute atomic E-state index is 12.1. The normalized spacial score (nSPS) is 73.4. The van der Waals surface area contributed by atoms with E-state index in [-0.39, 0.29) is 11.8 Å². The summed E-state index contributed by atoms with van der Waals surface area (Å²) in [5.74, 6) is 4.55. The summed E-state index contributed by atoms with van der Waals surface area (Å²) >= 11 is 13.0. The number of hydrogen-bond acceptors (Lipinski definition) is 1. The number of ketones is 1. The summed E-state index contributed by atoms with van der Waals surface area (Å²) in [6, 6.07) is 0. The highest BCUT2D eigenvalue weighted by Gasteiger charge is 2.87. The number of Topliss-reactive ketones (excluding diaryl/α,β-unsaturated/α-hetero) is 1. The topological polar surface area (TPSA) is 17.1 Å². The molecule has 0 aromatic heterocycles. The fraction of sp³-hybridized carbons (Fsp3) is 0.909. The molecule has 0 spiro atoms. The Morgan fingerprint density at radius 2 is 1.86 bits per heavy atom. The highest BCUT2D eigenvalue weighted by molar-refractivity contribution is 6.49. The van der Waals surface area contributed by atoms with Gasteiger partial charge in [0.05, 0.1) is 0 Å². The molecule has 0 amide bonds. The molecule has 0 aromatic carbocycles. The van der Waals surface area contributed by atoms with Crippen molar-refractivity contribution in [2.75, 3.05) is 0 Å². The third-order valence-electron chi connectivity index (χ3n) is 6.05. The van der Waals surface area contributed by atoms with Crippen LogP contribution in [-0.2, 0) is 4.79 Å². The van der Waals surface area contributed by atoms with Crippen LogP contribution in [0.4, 0.5) is 0 Å². The molecule has 0 saturated heterocycles. The van der Waals surface area contributed by atoms with Crippen molar-refractivity contribution >= 4 is 29.0 Å². The fourth-order valence-corrected chi connectivity index (χ4v) is 7.23. The average molecular weight is 229 g/mol. The van der Waals surface area contributed by atoms with Gasteiger partial charge in [0.25, 0.3) is 0 Å². The highest BCUT2D eigenvalue weighted by Crippen LogP contribution is 2.86. The number of fused-ring (bicyclic) bond motifs is 2. The van der Waals surface area contributed by atoms with Crippen LogP contribution in [0.5, 0.6) is 0 Å². The number of rotatable bonds is 0. The Labute approximate surface area is 92.1 Å². The lowest BCUT2D eigenvalue weighted by Gasteiger charge is -2.47. The van der Waals surface area contributed by atoms with Crippen molar-refractivity contribution in [3.8, 4) is 0 Å². The maximum atomic E-state index is 12.1. The molecule has 0 N–H and O–H groups in total. The van der Waals surface area contributed by atoms with Crippen molar-refractivity contribution in [2.24, 2.45) is 47.3 Å². The van der Waals surface area contributed by atoms with Crippen LogP contribution in [0.15, 0.2) is 0 Å². The molecule has 5 aliphatic rings. The van der Waals surface area contributed by atoms with Crippen LogP contribution < -0.4 is 0 Å². The summed E-state index contributed by atoms with van der Waals surface area (Å²) in [7, 11) is 0. The zero-order valence-corrected chi connectivity index (χ0v) is 9.00. The van der Waals surface area contributed by atoms with Crippen LogP contribution in [0.2, 0.25) is 0 Å². The standard InChI is InChI=1S/C11H10Cl2O/c12-11(13)8-3-1-2-4-5(3)9(11)7(4)10(14)6(2)8/h2-9H,1H2/t2-,3+,4-,5-,6+,7-,8+,9+/m0/s1. The minimum atomic E-state index is -0.541. The van der Waals surface area contributed by atoms with Crippen LogP contribution in [0.3, 0.4) is 0 Å². The Balaban J connectivity index is 1.87. The lowest BCUT2D eigenvalue weighted by molar-refractivity contribution is -0.133. The van der Waals surface area contributed by atoms with E-state index in [9.17, 15) is 4.79 Å². The maximum Gasteiger partial charge on any atom is 0.140 e. The van der Waals surface area contributed by atoms with Gasteiger partial charge < -0.3 is 0 Å². The summed E-state index contributed by atoms with van der Waals surface area (Å²) in [6.07, 6.45) is 1.25. The second kappa shape index (κ2) is 1.69. The summed E-state index contributed by atoms with van der Waals surface area (Å²) in [6.45, 7) is 0. The van der Waals surface area contributed by atoms with E-state index in [0.717, 1.165) is 5.92 Å². The van der Waals surface area contributed by atoms with Crippen molar-refractivity contribution in [2.45, 2.75) is 10.8 Å². The summed E-state index contributed by atoms with van der Waals surface area (Å²) in [4.78, 5) is 12.1. The first-order valence-electron chi connectivity index (χ1n) is 5.55. The minimum Gasteiger partial charge on any atom is -0.299 e. The Hall–Kier alpha value is 0.250. The van der Waals surface area contributed by atoms with Gasteiger partial charge in [-0.1, -0.05) is 0 Å². The number of carbonyl (C=O) groups excluding carboxylic acids is 1. The second-order valence-electron chi connectivity index (χ2n) is 5.90. The predicted octanol–water partition coefficient (Wildman–Crippen LogP) is 2.12. The van der Waals surface area contributed by atoms with Crippen LogP contribution in [-0.4, -0.2) is 10.1 Å².